The van der Waals surface area contributed by atoms with E-state index in [2.05, 4.69) is 5.32 Å². The lowest BCUT2D eigenvalue weighted by molar-refractivity contribution is -0.121. The van der Waals surface area contributed by atoms with E-state index in [4.69, 9.17) is 19.0 Å². The zero-order valence-electron chi connectivity index (χ0n) is 14.3. The summed E-state index contributed by atoms with van der Waals surface area (Å²) in [4.78, 5) is 24.3. The number of aliphatic hydroxyl groups excluding tert-OH is 2. The maximum Gasteiger partial charge on any atom is 0.340 e. The van der Waals surface area contributed by atoms with E-state index in [9.17, 15) is 14.7 Å². The number of methoxy groups -OCH3 is 2. The first-order valence-electron chi connectivity index (χ1n) is 7.65. The highest BCUT2D eigenvalue weighted by Crippen LogP contribution is 2.33. The lowest BCUT2D eigenvalue weighted by Gasteiger charge is -2.13. The van der Waals surface area contributed by atoms with Gasteiger partial charge in [-0.1, -0.05) is 0 Å². The molecule has 0 spiro atoms. The fourth-order valence-electron chi connectivity index (χ4n) is 2.48. The van der Waals surface area contributed by atoms with Crippen LogP contribution in [0.2, 0.25) is 0 Å². The molecule has 1 heterocycles. The number of aryl methyl sites for hydroxylation is 1. The number of aliphatic hydroxyl groups is 2. The molecule has 8 heteroatoms. The van der Waals surface area contributed by atoms with Crippen LogP contribution in [0.4, 0.5) is 0 Å². The Morgan fingerprint density at radius 2 is 2.04 bits per heavy atom. The normalized spacial score (nSPS) is 12.0. The van der Waals surface area contributed by atoms with Crippen LogP contribution >= 0.6 is 0 Å². The standard InChI is InChI=1S/C17H21NO7/c1-9-12(6-15(21)18-7-10(20)8-19)17(22)25-14-5-11(23-2)4-13(24-3)16(9)14/h4-5,10,19-20H,6-8H2,1-3H3,(H,18,21)/t10-/m0/s1. The molecule has 2 aromatic rings. The van der Waals surface area contributed by atoms with Gasteiger partial charge in [0.05, 0.1) is 44.3 Å². The lowest BCUT2D eigenvalue weighted by atomic mass is 10.0. The molecule has 0 radical (unpaired) electrons. The van der Waals surface area contributed by atoms with Crippen LogP contribution < -0.4 is 20.4 Å². The molecule has 3 N–H and O–H groups in total. The van der Waals surface area contributed by atoms with Gasteiger partial charge in [0.1, 0.15) is 17.1 Å². The predicted octanol–water partition coefficient (Wildman–Crippen LogP) is 0.131. The van der Waals surface area contributed by atoms with E-state index < -0.39 is 24.2 Å². The Kier molecular flexibility index (Phi) is 6.00. The molecular weight excluding hydrogens is 330 g/mol. The summed E-state index contributed by atoms with van der Waals surface area (Å²) in [5, 5.41) is 21.1. The van der Waals surface area contributed by atoms with Gasteiger partial charge in [-0.05, 0) is 12.5 Å². The zero-order chi connectivity index (χ0) is 18.6. The second-order valence-corrected chi connectivity index (χ2v) is 5.51. The molecular formula is C17H21NO7. The molecule has 1 aromatic carbocycles. The van der Waals surface area contributed by atoms with E-state index in [0.29, 0.717) is 28.0 Å². The molecule has 8 nitrogen and oxygen atoms in total. The third-order valence-corrected chi connectivity index (χ3v) is 3.85. The summed E-state index contributed by atoms with van der Waals surface area (Å²) in [6, 6.07) is 3.24. The van der Waals surface area contributed by atoms with Gasteiger partial charge in [-0.3, -0.25) is 4.79 Å². The van der Waals surface area contributed by atoms with Gasteiger partial charge in [-0.25, -0.2) is 4.79 Å². The van der Waals surface area contributed by atoms with Gasteiger partial charge < -0.3 is 29.4 Å². The van der Waals surface area contributed by atoms with E-state index in [0.717, 1.165) is 0 Å². The molecule has 1 amide bonds. The van der Waals surface area contributed by atoms with Gasteiger partial charge in [-0.2, -0.15) is 0 Å². The van der Waals surface area contributed by atoms with Crippen LogP contribution in [-0.4, -0.2) is 49.6 Å². The summed E-state index contributed by atoms with van der Waals surface area (Å²) >= 11 is 0. The topological polar surface area (TPSA) is 118 Å². The molecule has 136 valence electrons. The van der Waals surface area contributed by atoms with Crippen LogP contribution in [-0.2, 0) is 11.2 Å². The number of carbonyl (C=O) groups excluding carboxylic acids is 1. The van der Waals surface area contributed by atoms with Gasteiger partial charge in [0, 0.05) is 18.7 Å². The van der Waals surface area contributed by atoms with Crippen molar-refractivity contribution in [2.24, 2.45) is 0 Å². The molecule has 2 rings (SSSR count). The highest BCUT2D eigenvalue weighted by Gasteiger charge is 2.19. The second kappa shape index (κ2) is 8.00. The Morgan fingerprint density at radius 3 is 2.64 bits per heavy atom. The number of nitrogens with one attached hydrogen (secondary N) is 1. The van der Waals surface area contributed by atoms with Gasteiger partial charge in [-0.15, -0.1) is 0 Å². The van der Waals surface area contributed by atoms with Gasteiger partial charge in [0.2, 0.25) is 5.91 Å². The van der Waals surface area contributed by atoms with Crippen molar-refractivity contribution in [3.05, 3.63) is 33.7 Å². The Hall–Kier alpha value is -2.58. The Labute approximate surface area is 144 Å². The maximum absolute atomic E-state index is 12.3. The molecule has 0 bridgehead atoms. The quantitative estimate of drug-likeness (QED) is 0.607. The number of benzene rings is 1. The first-order chi connectivity index (χ1) is 11.9. The SMILES string of the molecule is COc1cc(OC)c2c(C)c(CC(=O)NC[C@H](O)CO)c(=O)oc2c1. The monoisotopic (exact) mass is 351 g/mol. The number of rotatable bonds is 7. The first kappa shape index (κ1) is 18.8. The summed E-state index contributed by atoms with van der Waals surface area (Å²) in [5.74, 6) is 0.484. The van der Waals surface area contributed by atoms with Crippen molar-refractivity contribution in [2.45, 2.75) is 19.4 Å². The van der Waals surface area contributed by atoms with Crippen LogP contribution in [0.3, 0.4) is 0 Å². The third-order valence-electron chi connectivity index (χ3n) is 3.85. The Bertz CT molecular complexity index is 828. The van der Waals surface area contributed by atoms with E-state index in [1.54, 1.807) is 19.1 Å². The van der Waals surface area contributed by atoms with Crippen molar-refractivity contribution >= 4 is 16.9 Å². The van der Waals surface area contributed by atoms with Gasteiger partial charge in [0.25, 0.3) is 0 Å². The largest absolute Gasteiger partial charge is 0.496 e. The van der Waals surface area contributed by atoms with Crippen LogP contribution in [0.15, 0.2) is 21.3 Å². The molecule has 0 fully saturated rings. The summed E-state index contributed by atoms with van der Waals surface area (Å²) in [6.45, 7) is 1.14. The minimum absolute atomic E-state index is 0.103. The average molecular weight is 351 g/mol. The molecule has 0 saturated carbocycles. The number of fused-ring (bicyclic) bond motifs is 1. The maximum atomic E-state index is 12.3. The van der Waals surface area contributed by atoms with E-state index >= 15 is 0 Å². The highest BCUT2D eigenvalue weighted by atomic mass is 16.5. The van der Waals surface area contributed by atoms with Crippen molar-refractivity contribution in [3.63, 3.8) is 0 Å². The lowest BCUT2D eigenvalue weighted by Crippen LogP contribution is -2.35. The van der Waals surface area contributed by atoms with Gasteiger partial charge >= 0.3 is 5.63 Å². The number of carbonyl (C=O) groups is 1. The minimum Gasteiger partial charge on any atom is -0.496 e. The second-order valence-electron chi connectivity index (χ2n) is 5.51. The summed E-state index contributed by atoms with van der Waals surface area (Å²) in [5.41, 5.74) is 0.451. The molecule has 25 heavy (non-hydrogen) atoms. The summed E-state index contributed by atoms with van der Waals surface area (Å²) in [6.07, 6.45) is -1.26. The van der Waals surface area contributed by atoms with E-state index in [1.165, 1.54) is 14.2 Å². The molecule has 1 aromatic heterocycles. The van der Waals surface area contributed by atoms with Crippen molar-refractivity contribution in [2.75, 3.05) is 27.4 Å². The fourth-order valence-corrected chi connectivity index (χ4v) is 2.48. The average Bonchev–Trinajstić information content (AvgIpc) is 2.61. The molecule has 0 aliphatic rings. The molecule has 0 aliphatic carbocycles. The van der Waals surface area contributed by atoms with Crippen LogP contribution in [0.25, 0.3) is 11.0 Å². The minimum atomic E-state index is -1.05. The number of amides is 1. The van der Waals surface area contributed by atoms with Crippen molar-refractivity contribution in [3.8, 4) is 11.5 Å². The van der Waals surface area contributed by atoms with Crippen molar-refractivity contribution < 1.29 is 28.9 Å². The predicted molar refractivity (Wildman–Crippen MR) is 90.1 cm³/mol. The Morgan fingerprint density at radius 1 is 1.32 bits per heavy atom. The van der Waals surface area contributed by atoms with Crippen LogP contribution in [0, 0.1) is 6.92 Å². The van der Waals surface area contributed by atoms with Crippen molar-refractivity contribution in [1.29, 1.82) is 0 Å². The highest BCUT2D eigenvalue weighted by molar-refractivity contribution is 5.90. The summed E-state index contributed by atoms with van der Waals surface area (Å²) in [7, 11) is 2.98. The molecule has 0 saturated heterocycles. The van der Waals surface area contributed by atoms with Crippen LogP contribution in [0.5, 0.6) is 11.5 Å². The number of ether oxygens (including phenoxy) is 2. The fraction of sp³-hybridized carbons (Fsp3) is 0.412. The smallest absolute Gasteiger partial charge is 0.340 e. The number of hydrogen-bond donors (Lipinski definition) is 3. The molecule has 1 atom stereocenters. The van der Waals surface area contributed by atoms with E-state index in [-0.39, 0.29) is 18.5 Å². The van der Waals surface area contributed by atoms with Gasteiger partial charge in [0.15, 0.2) is 0 Å². The first-order valence-corrected chi connectivity index (χ1v) is 7.65. The third kappa shape index (κ3) is 4.09. The van der Waals surface area contributed by atoms with Crippen LogP contribution in [0.1, 0.15) is 11.1 Å². The van der Waals surface area contributed by atoms with E-state index in [1.807, 2.05) is 0 Å². The number of hydrogen-bond acceptors (Lipinski definition) is 7. The molecule has 0 aliphatic heterocycles. The summed E-state index contributed by atoms with van der Waals surface area (Å²) < 4.78 is 15.8. The Balaban J connectivity index is 2.41. The van der Waals surface area contributed by atoms with Crippen molar-refractivity contribution in [1.82, 2.24) is 5.32 Å². The molecule has 0 unspecified atom stereocenters. The zero-order valence-corrected chi connectivity index (χ0v) is 14.3.